The van der Waals surface area contributed by atoms with Crippen LogP contribution in [0.4, 0.5) is 10.5 Å². The highest BCUT2D eigenvalue weighted by Gasteiger charge is 2.42. The highest BCUT2D eigenvalue weighted by molar-refractivity contribution is 6.00. The molecule has 0 bridgehead atoms. The smallest absolute Gasteiger partial charge is 0.408 e. The molecule has 0 saturated heterocycles. The zero-order valence-electron chi connectivity index (χ0n) is 25.4. The second-order valence-electron chi connectivity index (χ2n) is 12.2. The van der Waals surface area contributed by atoms with Crippen LogP contribution in [0.1, 0.15) is 68.3 Å². The fourth-order valence-electron chi connectivity index (χ4n) is 5.22. The standard InChI is InChI=1S/C34H41N3O6/c1-21-9-6-10-22(2)29(21)36-31(40)30(24-11-7-14-27(39)20-24)37(25-12-8-13-25)32(41)28(35-33(42)43-34(3,4)5)19-23-15-17-26(38)18-16-23/h6-7,9-11,14-18,20,25,28,30,38-39H,8,12-13,19H2,1-5H3,(H,35,42)(H,36,40). The third-order valence-corrected chi connectivity index (χ3v) is 7.53. The molecule has 0 aliphatic heterocycles. The van der Waals surface area contributed by atoms with Crippen LogP contribution in [-0.2, 0) is 20.7 Å². The van der Waals surface area contributed by atoms with E-state index in [4.69, 9.17) is 4.74 Å². The molecule has 1 saturated carbocycles. The molecule has 228 valence electrons. The van der Waals surface area contributed by atoms with E-state index in [1.807, 2.05) is 32.0 Å². The number of ether oxygens (including phenoxy) is 1. The van der Waals surface area contributed by atoms with Crippen LogP contribution in [-0.4, -0.2) is 50.7 Å². The second-order valence-corrected chi connectivity index (χ2v) is 12.2. The van der Waals surface area contributed by atoms with Crippen LogP contribution in [0.15, 0.2) is 66.7 Å². The molecule has 3 aromatic rings. The number of hydrogen-bond acceptors (Lipinski definition) is 6. The van der Waals surface area contributed by atoms with Crippen LogP contribution in [0.3, 0.4) is 0 Å². The highest BCUT2D eigenvalue weighted by Crippen LogP contribution is 2.36. The number of carbonyl (C=O) groups is 3. The van der Waals surface area contributed by atoms with Crippen molar-refractivity contribution in [2.75, 3.05) is 5.32 Å². The molecule has 4 N–H and O–H groups in total. The van der Waals surface area contributed by atoms with Crippen LogP contribution in [0, 0.1) is 13.8 Å². The Balaban J connectivity index is 1.77. The molecule has 0 aromatic heterocycles. The third kappa shape index (κ3) is 8.06. The quantitative estimate of drug-likeness (QED) is 0.246. The molecule has 3 amide bonds. The van der Waals surface area contributed by atoms with Crippen LogP contribution < -0.4 is 10.6 Å². The minimum Gasteiger partial charge on any atom is -0.508 e. The number of alkyl carbamates (subject to hydrolysis) is 1. The van der Waals surface area contributed by atoms with Gasteiger partial charge < -0.3 is 30.5 Å². The summed E-state index contributed by atoms with van der Waals surface area (Å²) in [5, 5.41) is 26.0. The van der Waals surface area contributed by atoms with Crippen molar-refractivity contribution in [3.8, 4) is 11.5 Å². The Kier molecular flexibility index (Phi) is 9.63. The van der Waals surface area contributed by atoms with Gasteiger partial charge in [0.1, 0.15) is 29.2 Å². The minimum absolute atomic E-state index is 0.0316. The number of nitrogens with zero attached hydrogens (tertiary/aromatic N) is 1. The van der Waals surface area contributed by atoms with Crippen LogP contribution in [0.25, 0.3) is 0 Å². The first-order valence-corrected chi connectivity index (χ1v) is 14.6. The zero-order valence-corrected chi connectivity index (χ0v) is 25.4. The molecule has 2 atom stereocenters. The van der Waals surface area contributed by atoms with Crippen molar-refractivity contribution in [1.82, 2.24) is 10.2 Å². The molecule has 1 aliphatic rings. The number of carbonyl (C=O) groups excluding carboxylic acids is 3. The van der Waals surface area contributed by atoms with Gasteiger partial charge in [0.25, 0.3) is 5.91 Å². The van der Waals surface area contributed by atoms with Gasteiger partial charge in [-0.25, -0.2) is 4.79 Å². The number of nitrogens with one attached hydrogen (secondary N) is 2. The van der Waals surface area contributed by atoms with Crippen LogP contribution in [0.2, 0.25) is 0 Å². The molecule has 0 radical (unpaired) electrons. The molecule has 1 aliphatic carbocycles. The van der Waals surface area contributed by atoms with E-state index in [2.05, 4.69) is 10.6 Å². The van der Waals surface area contributed by atoms with Crippen molar-refractivity contribution in [3.05, 3.63) is 89.0 Å². The number of aromatic hydroxyl groups is 2. The number of hydrogen-bond donors (Lipinski definition) is 4. The lowest BCUT2D eigenvalue weighted by atomic mass is 9.87. The first-order valence-electron chi connectivity index (χ1n) is 14.6. The Morgan fingerprint density at radius 1 is 0.930 bits per heavy atom. The Morgan fingerprint density at radius 3 is 2.12 bits per heavy atom. The number of para-hydroxylation sites is 1. The maximum Gasteiger partial charge on any atom is 0.408 e. The first kappa shape index (κ1) is 31.4. The third-order valence-electron chi connectivity index (χ3n) is 7.53. The number of anilines is 1. The van der Waals surface area contributed by atoms with Crippen molar-refractivity contribution < 1.29 is 29.3 Å². The predicted molar refractivity (Wildman–Crippen MR) is 165 cm³/mol. The van der Waals surface area contributed by atoms with E-state index >= 15 is 0 Å². The normalized spacial score (nSPS) is 14.6. The summed E-state index contributed by atoms with van der Waals surface area (Å²) in [6.07, 6.45) is 1.62. The number of aryl methyl sites for hydroxylation is 2. The molecular formula is C34H41N3O6. The average molecular weight is 588 g/mol. The van der Waals surface area contributed by atoms with E-state index in [1.165, 1.54) is 24.3 Å². The molecule has 0 heterocycles. The van der Waals surface area contributed by atoms with Crippen molar-refractivity contribution >= 4 is 23.6 Å². The van der Waals surface area contributed by atoms with E-state index in [9.17, 15) is 24.6 Å². The summed E-state index contributed by atoms with van der Waals surface area (Å²) in [6.45, 7) is 9.01. The summed E-state index contributed by atoms with van der Waals surface area (Å²) in [6, 6.07) is 16.0. The van der Waals surface area contributed by atoms with Crippen molar-refractivity contribution in [1.29, 1.82) is 0 Å². The summed E-state index contributed by atoms with van der Waals surface area (Å²) in [5.41, 5.74) is 2.77. The Morgan fingerprint density at radius 2 is 1.56 bits per heavy atom. The largest absolute Gasteiger partial charge is 0.508 e. The molecule has 1 fully saturated rings. The van der Waals surface area contributed by atoms with Gasteiger partial charge in [0.15, 0.2) is 0 Å². The molecular weight excluding hydrogens is 546 g/mol. The Hall–Kier alpha value is -4.53. The summed E-state index contributed by atoms with van der Waals surface area (Å²) in [7, 11) is 0. The lowest BCUT2D eigenvalue weighted by Gasteiger charge is -2.43. The van der Waals surface area contributed by atoms with Crippen LogP contribution >= 0.6 is 0 Å². The maximum atomic E-state index is 14.6. The predicted octanol–water partition coefficient (Wildman–Crippen LogP) is 5.91. The van der Waals surface area contributed by atoms with Gasteiger partial charge in [0, 0.05) is 18.2 Å². The van der Waals surface area contributed by atoms with Gasteiger partial charge in [-0.15, -0.1) is 0 Å². The fourth-order valence-corrected chi connectivity index (χ4v) is 5.22. The van der Waals surface area contributed by atoms with Gasteiger partial charge >= 0.3 is 6.09 Å². The highest BCUT2D eigenvalue weighted by atomic mass is 16.6. The van der Waals surface area contributed by atoms with E-state index in [-0.39, 0.29) is 24.0 Å². The number of benzene rings is 3. The van der Waals surface area contributed by atoms with E-state index in [1.54, 1.807) is 49.9 Å². The minimum atomic E-state index is -1.09. The van der Waals surface area contributed by atoms with E-state index in [0.717, 1.165) is 17.5 Å². The number of amides is 3. The van der Waals surface area contributed by atoms with E-state index in [0.29, 0.717) is 29.7 Å². The van der Waals surface area contributed by atoms with E-state index < -0.39 is 35.6 Å². The van der Waals surface area contributed by atoms with Gasteiger partial charge in [0.05, 0.1) is 0 Å². The van der Waals surface area contributed by atoms with Crippen LogP contribution in [0.5, 0.6) is 11.5 Å². The van der Waals surface area contributed by atoms with Crippen molar-refractivity contribution in [2.45, 2.75) is 84.0 Å². The average Bonchev–Trinajstić information content (AvgIpc) is 2.89. The number of phenols is 2. The van der Waals surface area contributed by atoms with Crippen molar-refractivity contribution in [3.63, 3.8) is 0 Å². The summed E-state index contributed by atoms with van der Waals surface area (Å²) >= 11 is 0. The number of rotatable bonds is 9. The lowest BCUT2D eigenvalue weighted by Crippen LogP contribution is -2.57. The lowest BCUT2D eigenvalue weighted by molar-refractivity contribution is -0.145. The topological polar surface area (TPSA) is 128 Å². The molecule has 4 rings (SSSR count). The van der Waals surface area contributed by atoms with Gasteiger partial charge in [-0.1, -0.05) is 42.5 Å². The van der Waals surface area contributed by atoms with Gasteiger partial charge in [-0.2, -0.15) is 0 Å². The molecule has 9 nitrogen and oxygen atoms in total. The monoisotopic (exact) mass is 587 g/mol. The van der Waals surface area contributed by atoms with Gasteiger partial charge in [0.2, 0.25) is 5.91 Å². The molecule has 9 heteroatoms. The van der Waals surface area contributed by atoms with Crippen molar-refractivity contribution in [2.24, 2.45) is 0 Å². The summed E-state index contributed by atoms with van der Waals surface area (Å²) in [5.74, 6) is -0.830. The van der Waals surface area contributed by atoms with Gasteiger partial charge in [-0.05, 0) is 100 Å². The first-order chi connectivity index (χ1) is 20.3. The maximum absolute atomic E-state index is 14.6. The molecule has 2 unspecified atom stereocenters. The molecule has 43 heavy (non-hydrogen) atoms. The second kappa shape index (κ2) is 13.2. The fraction of sp³-hybridized carbons (Fsp3) is 0.382. The number of phenolic OH excluding ortho intramolecular Hbond substituents is 2. The molecule has 0 spiro atoms. The zero-order chi connectivity index (χ0) is 31.3. The Bertz CT molecular complexity index is 1440. The molecule has 3 aromatic carbocycles. The summed E-state index contributed by atoms with van der Waals surface area (Å²) in [4.78, 5) is 43.4. The Labute approximate surface area is 252 Å². The SMILES string of the molecule is Cc1cccc(C)c1NC(=O)C(c1cccc(O)c1)N(C(=O)C(Cc1ccc(O)cc1)NC(=O)OC(C)(C)C)C1CCC1. The summed E-state index contributed by atoms with van der Waals surface area (Å²) < 4.78 is 5.50. The van der Waals surface area contributed by atoms with Gasteiger partial charge in [-0.3, -0.25) is 9.59 Å².